The number of morpholine rings is 1. The van der Waals surface area contributed by atoms with Crippen molar-refractivity contribution in [3.8, 4) is 11.5 Å². The number of nitrogens with zero attached hydrogens (tertiary/aromatic N) is 4. The summed E-state index contributed by atoms with van der Waals surface area (Å²) in [6, 6.07) is 8.45. The number of carbonyl (C=O) groups is 2. The number of rotatable bonds is 10. The Balaban J connectivity index is 1.59. The molecule has 1 unspecified atom stereocenters. The van der Waals surface area contributed by atoms with Crippen LogP contribution in [0.5, 0.6) is 11.5 Å². The Morgan fingerprint density at radius 2 is 1.78 bits per heavy atom. The summed E-state index contributed by atoms with van der Waals surface area (Å²) in [4.78, 5) is 35.7. The summed E-state index contributed by atoms with van der Waals surface area (Å²) >= 11 is 0. The number of aryl methyl sites for hydroxylation is 2. The molecule has 0 aliphatic carbocycles. The second kappa shape index (κ2) is 12.3. The van der Waals surface area contributed by atoms with E-state index in [1.165, 1.54) is 0 Å². The van der Waals surface area contributed by atoms with Gasteiger partial charge in [-0.15, -0.1) is 0 Å². The van der Waals surface area contributed by atoms with Crippen LogP contribution in [0, 0.1) is 13.8 Å². The summed E-state index contributed by atoms with van der Waals surface area (Å²) in [5, 5.41) is 11.7. The van der Waals surface area contributed by atoms with Crippen LogP contribution in [0.3, 0.4) is 0 Å². The number of aromatic nitrogens is 2. The second-order valence-corrected chi connectivity index (χ2v) is 10.3. The number of likely N-dealkylation sites (tertiary alicyclic amines) is 1. The highest BCUT2D eigenvalue weighted by Crippen LogP contribution is 2.42. The van der Waals surface area contributed by atoms with Gasteiger partial charge < -0.3 is 28.6 Å². The Labute approximate surface area is 240 Å². The molecule has 2 saturated heterocycles. The summed E-state index contributed by atoms with van der Waals surface area (Å²) in [5.74, 6) is -0.544. The van der Waals surface area contributed by atoms with Gasteiger partial charge in [-0.2, -0.15) is 0 Å². The number of aliphatic hydroxyl groups is 1. The molecular weight excluding hydrogens is 524 g/mol. The molecule has 3 aromatic rings. The van der Waals surface area contributed by atoms with Crippen molar-refractivity contribution in [1.29, 1.82) is 0 Å². The van der Waals surface area contributed by atoms with Gasteiger partial charge in [0, 0.05) is 32.4 Å². The molecule has 2 aliphatic rings. The molecule has 41 heavy (non-hydrogen) atoms. The first kappa shape index (κ1) is 28.6. The van der Waals surface area contributed by atoms with E-state index in [0.29, 0.717) is 67.8 Å². The van der Waals surface area contributed by atoms with E-state index in [0.717, 1.165) is 25.2 Å². The molecule has 10 nitrogen and oxygen atoms in total. The molecule has 1 amide bonds. The third-order valence-corrected chi connectivity index (χ3v) is 7.71. The molecular formula is C31H38N4O6. The molecule has 5 rings (SSSR count). The first-order valence-corrected chi connectivity index (χ1v) is 14.3. The molecule has 0 spiro atoms. The number of hydrogen-bond donors (Lipinski definition) is 1. The fraction of sp³-hybridized carbons (Fsp3) is 0.452. The Morgan fingerprint density at radius 3 is 2.49 bits per heavy atom. The molecule has 1 atom stereocenters. The van der Waals surface area contributed by atoms with Crippen LogP contribution in [0.15, 0.2) is 42.1 Å². The van der Waals surface area contributed by atoms with Gasteiger partial charge in [0.1, 0.15) is 11.3 Å². The zero-order valence-electron chi connectivity index (χ0n) is 24.2. The van der Waals surface area contributed by atoms with Gasteiger partial charge in [0.2, 0.25) is 0 Å². The van der Waals surface area contributed by atoms with Crippen molar-refractivity contribution in [2.24, 2.45) is 0 Å². The average molecular weight is 563 g/mol. The van der Waals surface area contributed by atoms with Crippen molar-refractivity contribution >= 4 is 23.1 Å². The molecule has 2 aliphatic heterocycles. The van der Waals surface area contributed by atoms with Gasteiger partial charge in [0.25, 0.3) is 11.7 Å². The topological polar surface area (TPSA) is 106 Å². The average Bonchev–Trinajstić information content (AvgIpc) is 3.44. The molecule has 4 heterocycles. The predicted octanol–water partition coefficient (Wildman–Crippen LogP) is 3.89. The van der Waals surface area contributed by atoms with Gasteiger partial charge in [-0.1, -0.05) is 12.1 Å². The quantitative estimate of drug-likeness (QED) is 0.225. The maximum Gasteiger partial charge on any atom is 0.295 e. The molecule has 2 fully saturated rings. The van der Waals surface area contributed by atoms with Crippen LogP contribution in [-0.2, 0) is 14.3 Å². The Hall–Kier alpha value is -3.89. The molecule has 2 aromatic heterocycles. The normalized spacial score (nSPS) is 19.3. The number of ketones is 1. The van der Waals surface area contributed by atoms with Crippen molar-refractivity contribution in [3.63, 3.8) is 0 Å². The minimum atomic E-state index is -0.806. The van der Waals surface area contributed by atoms with E-state index < -0.39 is 17.7 Å². The number of hydrogen-bond acceptors (Lipinski definition) is 8. The van der Waals surface area contributed by atoms with Crippen molar-refractivity contribution in [3.05, 3.63) is 64.6 Å². The van der Waals surface area contributed by atoms with Crippen LogP contribution in [0.1, 0.15) is 48.8 Å². The first-order valence-electron chi connectivity index (χ1n) is 14.3. The smallest absolute Gasteiger partial charge is 0.295 e. The van der Waals surface area contributed by atoms with Gasteiger partial charge in [-0.05, 0) is 63.4 Å². The van der Waals surface area contributed by atoms with Gasteiger partial charge in [-0.3, -0.25) is 14.5 Å². The van der Waals surface area contributed by atoms with E-state index in [4.69, 9.17) is 14.2 Å². The lowest BCUT2D eigenvalue weighted by molar-refractivity contribution is -0.140. The second-order valence-electron chi connectivity index (χ2n) is 10.3. The van der Waals surface area contributed by atoms with Gasteiger partial charge >= 0.3 is 0 Å². The monoisotopic (exact) mass is 562 g/mol. The highest BCUT2D eigenvalue weighted by molar-refractivity contribution is 6.46. The number of imidazole rings is 1. The molecule has 0 saturated carbocycles. The van der Waals surface area contributed by atoms with E-state index in [9.17, 15) is 14.7 Å². The SMILES string of the molecule is CCOc1ccc(C2/C(=C(\O)c3nc4c(C)cccn4c3C)C(=O)C(=O)N2CCCN2CCOCC2)cc1OCC. The minimum Gasteiger partial charge on any atom is -0.505 e. The van der Waals surface area contributed by atoms with Crippen molar-refractivity contribution in [2.75, 3.05) is 52.6 Å². The van der Waals surface area contributed by atoms with Crippen LogP contribution >= 0.6 is 0 Å². The van der Waals surface area contributed by atoms with Crippen molar-refractivity contribution in [1.82, 2.24) is 19.2 Å². The standard InChI is InChI=1S/C31H38N4O6/c1-5-40-23-11-10-22(19-24(23)41-6-2)27-25(28(36)26-21(4)34-13-7-9-20(3)30(34)32-26)29(37)31(38)35(27)14-8-12-33-15-17-39-18-16-33/h7,9-11,13,19,27,36H,5-6,8,12,14-18H2,1-4H3/b28-25+. The Kier molecular flexibility index (Phi) is 8.60. The zero-order chi connectivity index (χ0) is 29.1. The molecule has 0 radical (unpaired) electrons. The van der Waals surface area contributed by atoms with Crippen LogP contribution in [0.25, 0.3) is 11.4 Å². The molecule has 1 aromatic carbocycles. The molecule has 218 valence electrons. The van der Waals surface area contributed by atoms with E-state index in [1.807, 2.05) is 56.5 Å². The summed E-state index contributed by atoms with van der Waals surface area (Å²) < 4.78 is 18.9. The number of amides is 1. The fourth-order valence-corrected chi connectivity index (χ4v) is 5.66. The lowest BCUT2D eigenvalue weighted by Crippen LogP contribution is -2.39. The highest BCUT2D eigenvalue weighted by Gasteiger charge is 2.46. The highest BCUT2D eigenvalue weighted by atomic mass is 16.5. The number of carbonyl (C=O) groups excluding carboxylic acids is 2. The number of ether oxygens (including phenoxy) is 3. The number of aliphatic hydroxyl groups excluding tert-OH is 1. The third kappa shape index (κ3) is 5.54. The van der Waals surface area contributed by atoms with Gasteiger partial charge in [0.05, 0.1) is 43.7 Å². The van der Waals surface area contributed by atoms with Crippen LogP contribution in [0.4, 0.5) is 0 Å². The Bertz CT molecular complexity index is 1470. The maximum absolute atomic E-state index is 13.6. The summed E-state index contributed by atoms with van der Waals surface area (Å²) in [7, 11) is 0. The summed E-state index contributed by atoms with van der Waals surface area (Å²) in [5.41, 5.74) is 3.26. The van der Waals surface area contributed by atoms with Gasteiger partial charge in [-0.25, -0.2) is 4.98 Å². The fourth-order valence-electron chi connectivity index (χ4n) is 5.66. The zero-order valence-corrected chi connectivity index (χ0v) is 24.2. The maximum atomic E-state index is 13.6. The summed E-state index contributed by atoms with van der Waals surface area (Å²) in [6.07, 6.45) is 2.54. The first-order chi connectivity index (χ1) is 19.8. The molecule has 10 heteroatoms. The predicted molar refractivity (Wildman–Crippen MR) is 154 cm³/mol. The number of pyridine rings is 1. The van der Waals surface area contributed by atoms with E-state index in [1.54, 1.807) is 17.0 Å². The molecule has 0 bridgehead atoms. The van der Waals surface area contributed by atoms with E-state index >= 15 is 0 Å². The summed E-state index contributed by atoms with van der Waals surface area (Å²) in [6.45, 7) is 12.6. The van der Waals surface area contributed by atoms with Crippen LogP contribution in [-0.4, -0.2) is 88.6 Å². The lowest BCUT2D eigenvalue weighted by atomic mass is 9.96. The third-order valence-electron chi connectivity index (χ3n) is 7.71. The van der Waals surface area contributed by atoms with Crippen LogP contribution < -0.4 is 9.47 Å². The van der Waals surface area contributed by atoms with Crippen molar-refractivity contribution in [2.45, 2.75) is 40.2 Å². The number of benzene rings is 1. The Morgan fingerprint density at radius 1 is 1.05 bits per heavy atom. The minimum absolute atomic E-state index is 0.0251. The number of fused-ring (bicyclic) bond motifs is 1. The largest absolute Gasteiger partial charge is 0.505 e. The van der Waals surface area contributed by atoms with E-state index in [-0.39, 0.29) is 17.0 Å². The van der Waals surface area contributed by atoms with E-state index in [2.05, 4.69) is 9.88 Å². The van der Waals surface area contributed by atoms with Crippen molar-refractivity contribution < 1.29 is 28.9 Å². The molecule has 1 N–H and O–H groups in total. The lowest BCUT2D eigenvalue weighted by Gasteiger charge is -2.29. The number of Topliss-reactive ketones (excluding diaryl/α,β-unsaturated/α-hetero) is 1. The van der Waals surface area contributed by atoms with Gasteiger partial charge in [0.15, 0.2) is 17.3 Å². The van der Waals surface area contributed by atoms with Crippen LogP contribution in [0.2, 0.25) is 0 Å².